The van der Waals surface area contributed by atoms with Gasteiger partial charge in [-0.1, -0.05) is 47.0 Å². The summed E-state index contributed by atoms with van der Waals surface area (Å²) in [5.41, 5.74) is 2.54. The molecule has 0 saturated carbocycles. The lowest BCUT2D eigenvalue weighted by Crippen LogP contribution is -2.41. The minimum absolute atomic E-state index is 0.00211. The molecule has 2 N–H and O–H groups in total. The van der Waals surface area contributed by atoms with Crippen LogP contribution in [0.3, 0.4) is 0 Å². The second-order valence-electron chi connectivity index (χ2n) is 8.94. The molecule has 0 unspecified atom stereocenters. The van der Waals surface area contributed by atoms with Gasteiger partial charge in [-0.05, 0) is 61.9 Å². The molecular weight excluding hydrogens is 562 g/mol. The van der Waals surface area contributed by atoms with E-state index in [2.05, 4.69) is 15.6 Å². The van der Waals surface area contributed by atoms with Crippen LogP contribution in [0.4, 0.5) is 10.1 Å². The molecule has 0 bridgehead atoms. The van der Waals surface area contributed by atoms with Crippen molar-refractivity contribution in [1.29, 1.82) is 0 Å². The number of nitrogens with zero attached hydrogens (tertiary/aromatic N) is 2. The Bertz CT molecular complexity index is 1560. The quantitative estimate of drug-likeness (QED) is 0.216. The van der Waals surface area contributed by atoms with Crippen LogP contribution >= 0.6 is 23.2 Å². The first kappa shape index (κ1) is 28.8. The fraction of sp³-hybridized carbons (Fsp3) is 0.214. The van der Waals surface area contributed by atoms with Crippen LogP contribution in [0.5, 0.6) is 0 Å². The second kappa shape index (κ2) is 12.7. The summed E-state index contributed by atoms with van der Waals surface area (Å²) < 4.78 is 42.3. The van der Waals surface area contributed by atoms with Gasteiger partial charge in [-0.15, -0.1) is 0 Å². The number of pyridine rings is 1. The van der Waals surface area contributed by atoms with E-state index in [0.29, 0.717) is 24.5 Å². The Kier molecular flexibility index (Phi) is 9.40. The van der Waals surface area contributed by atoms with Crippen molar-refractivity contribution >= 4 is 55.7 Å². The number of amides is 1. The number of halogens is 3. The number of aryl methyl sites for hydroxylation is 1. The molecule has 4 rings (SSSR count). The Morgan fingerprint density at radius 3 is 2.54 bits per heavy atom. The normalized spacial score (nSPS) is 11.6. The molecule has 3 aromatic carbocycles. The lowest BCUT2D eigenvalue weighted by molar-refractivity contribution is -0.121. The molecule has 4 aromatic rings. The van der Waals surface area contributed by atoms with Crippen molar-refractivity contribution in [1.82, 2.24) is 14.6 Å². The minimum Gasteiger partial charge on any atom is -0.384 e. The molecule has 0 saturated heterocycles. The van der Waals surface area contributed by atoms with E-state index >= 15 is 0 Å². The van der Waals surface area contributed by atoms with Crippen molar-refractivity contribution in [2.24, 2.45) is 0 Å². The molecule has 39 heavy (non-hydrogen) atoms. The van der Waals surface area contributed by atoms with Gasteiger partial charge in [0.05, 0.1) is 17.0 Å². The highest BCUT2D eigenvalue weighted by Gasteiger charge is 2.28. The third-order valence-electron chi connectivity index (χ3n) is 6.07. The van der Waals surface area contributed by atoms with Crippen LogP contribution in [-0.2, 0) is 21.4 Å². The summed E-state index contributed by atoms with van der Waals surface area (Å²) in [5.74, 6) is -1.16. The monoisotopic (exact) mass is 588 g/mol. The van der Waals surface area contributed by atoms with Gasteiger partial charge in [-0.2, -0.15) is 4.31 Å². The van der Waals surface area contributed by atoms with Crippen LogP contribution in [-0.4, -0.2) is 43.2 Å². The van der Waals surface area contributed by atoms with Gasteiger partial charge in [0.25, 0.3) is 0 Å². The Morgan fingerprint density at radius 2 is 1.79 bits per heavy atom. The zero-order valence-corrected chi connectivity index (χ0v) is 23.5. The highest BCUT2D eigenvalue weighted by molar-refractivity contribution is 7.89. The average molecular weight is 590 g/mol. The fourth-order valence-electron chi connectivity index (χ4n) is 3.98. The number of nitrogens with one attached hydrogen (secondary N) is 2. The van der Waals surface area contributed by atoms with Crippen LogP contribution < -0.4 is 10.6 Å². The summed E-state index contributed by atoms with van der Waals surface area (Å²) in [6, 6.07) is 17.7. The molecule has 204 valence electrons. The molecule has 1 aromatic heterocycles. The molecule has 0 fully saturated rings. The smallest absolute Gasteiger partial charge is 0.243 e. The van der Waals surface area contributed by atoms with Crippen molar-refractivity contribution < 1.29 is 17.6 Å². The van der Waals surface area contributed by atoms with Crippen molar-refractivity contribution in [3.05, 3.63) is 99.9 Å². The number of hydrogen-bond donors (Lipinski definition) is 2. The summed E-state index contributed by atoms with van der Waals surface area (Å²) >= 11 is 12.2. The zero-order chi connectivity index (χ0) is 28.0. The first-order valence-corrected chi connectivity index (χ1v) is 14.4. The van der Waals surface area contributed by atoms with Gasteiger partial charge in [0.15, 0.2) is 0 Å². The van der Waals surface area contributed by atoms with Crippen LogP contribution in [0.15, 0.2) is 77.8 Å². The molecule has 0 aliphatic rings. The predicted molar refractivity (Wildman–Crippen MR) is 153 cm³/mol. The lowest BCUT2D eigenvalue weighted by atomic mass is 10.2. The van der Waals surface area contributed by atoms with E-state index in [0.717, 1.165) is 26.5 Å². The molecule has 1 heterocycles. The Morgan fingerprint density at radius 1 is 1.03 bits per heavy atom. The number of sulfonamides is 1. The largest absolute Gasteiger partial charge is 0.384 e. The number of anilines is 1. The molecule has 0 spiro atoms. The van der Waals surface area contributed by atoms with E-state index in [9.17, 15) is 17.6 Å². The predicted octanol–water partition coefficient (Wildman–Crippen LogP) is 5.80. The van der Waals surface area contributed by atoms with Crippen molar-refractivity contribution in [3.63, 3.8) is 0 Å². The Labute approximate surface area is 237 Å². The first-order valence-electron chi connectivity index (χ1n) is 12.2. The number of aromatic nitrogens is 1. The Hall–Kier alpha value is -3.24. The van der Waals surface area contributed by atoms with Crippen molar-refractivity contribution in [2.45, 2.75) is 24.8 Å². The van der Waals surface area contributed by atoms with E-state index in [1.807, 2.05) is 19.1 Å². The van der Waals surface area contributed by atoms with E-state index in [4.69, 9.17) is 23.2 Å². The number of hydrogen-bond acceptors (Lipinski definition) is 5. The van der Waals surface area contributed by atoms with Crippen LogP contribution in [0, 0.1) is 12.7 Å². The van der Waals surface area contributed by atoms with Gasteiger partial charge < -0.3 is 10.6 Å². The molecule has 0 aliphatic heterocycles. The van der Waals surface area contributed by atoms with E-state index in [-0.39, 0.29) is 15.5 Å². The highest BCUT2D eigenvalue weighted by Crippen LogP contribution is 2.26. The maximum absolute atomic E-state index is 14.5. The average Bonchev–Trinajstić information content (AvgIpc) is 2.90. The highest BCUT2D eigenvalue weighted by atomic mass is 35.5. The third kappa shape index (κ3) is 7.24. The molecule has 0 atom stereocenters. The van der Waals surface area contributed by atoms with E-state index in [1.165, 1.54) is 30.3 Å². The maximum atomic E-state index is 14.5. The molecular formula is C28H27Cl2FN4O3S. The topological polar surface area (TPSA) is 91.4 Å². The molecule has 11 heteroatoms. The Balaban J connectivity index is 1.40. The third-order valence-corrected chi connectivity index (χ3v) is 8.47. The maximum Gasteiger partial charge on any atom is 0.243 e. The van der Waals surface area contributed by atoms with Crippen LogP contribution in [0.25, 0.3) is 10.9 Å². The number of carbonyl (C=O) groups is 1. The molecule has 0 aliphatic carbocycles. The van der Waals surface area contributed by atoms with Crippen molar-refractivity contribution in [3.8, 4) is 0 Å². The van der Waals surface area contributed by atoms with Crippen molar-refractivity contribution in [2.75, 3.05) is 25.0 Å². The van der Waals surface area contributed by atoms with E-state index in [1.54, 1.807) is 30.5 Å². The summed E-state index contributed by atoms with van der Waals surface area (Å²) in [6.07, 6.45) is 2.26. The lowest BCUT2D eigenvalue weighted by Gasteiger charge is -2.23. The van der Waals surface area contributed by atoms with Gasteiger partial charge in [0.2, 0.25) is 15.9 Å². The summed E-state index contributed by atoms with van der Waals surface area (Å²) in [7, 11) is -4.12. The van der Waals surface area contributed by atoms with Gasteiger partial charge >= 0.3 is 0 Å². The standard InChI is InChI=1S/C28H27Cl2FN4O3S/c1-19-6-9-21(10-7-19)39(37,38)35(17-23-24(30)4-2-5-25(23)31)18-28(36)34-14-3-13-32-26-12-15-33-27-16-20(29)8-11-22(26)27/h2,4-12,15-16H,3,13-14,17-18H2,1H3,(H,32,33)(H,34,36). The zero-order valence-electron chi connectivity index (χ0n) is 21.1. The molecule has 0 radical (unpaired) electrons. The van der Waals surface area contributed by atoms with Gasteiger partial charge in [-0.3, -0.25) is 9.78 Å². The molecule has 1 amide bonds. The minimum atomic E-state index is -4.12. The number of carbonyl (C=O) groups excluding carboxylic acids is 1. The first-order chi connectivity index (χ1) is 18.6. The number of rotatable bonds is 11. The molecule has 7 nitrogen and oxygen atoms in total. The number of benzene rings is 3. The van der Waals surface area contributed by atoms with Gasteiger partial charge in [0, 0.05) is 52.5 Å². The van der Waals surface area contributed by atoms with Crippen LogP contribution in [0.1, 0.15) is 17.5 Å². The SMILES string of the molecule is Cc1ccc(S(=O)(=O)N(CC(=O)NCCCNc2ccnc3cc(Cl)ccc23)Cc2c(F)cccc2Cl)cc1. The number of fused-ring (bicyclic) bond motifs is 1. The van der Waals surface area contributed by atoms with E-state index < -0.39 is 34.8 Å². The summed E-state index contributed by atoms with van der Waals surface area (Å²) in [4.78, 5) is 17.1. The fourth-order valence-corrected chi connectivity index (χ4v) is 5.73. The summed E-state index contributed by atoms with van der Waals surface area (Å²) in [6.45, 7) is 1.81. The van der Waals surface area contributed by atoms with Crippen LogP contribution in [0.2, 0.25) is 10.0 Å². The summed E-state index contributed by atoms with van der Waals surface area (Å²) in [5, 5.41) is 7.68. The van der Waals surface area contributed by atoms with Gasteiger partial charge in [0.1, 0.15) is 5.82 Å². The van der Waals surface area contributed by atoms with Gasteiger partial charge in [-0.25, -0.2) is 12.8 Å². The second-order valence-corrected chi connectivity index (χ2v) is 11.7.